The van der Waals surface area contributed by atoms with Gasteiger partial charge in [0, 0.05) is 43.8 Å². The van der Waals surface area contributed by atoms with Gasteiger partial charge in [0.1, 0.15) is 0 Å². The van der Waals surface area contributed by atoms with Gasteiger partial charge in [-0.3, -0.25) is 4.79 Å². The zero-order chi connectivity index (χ0) is 15.9. The highest BCUT2D eigenvalue weighted by Crippen LogP contribution is 2.21. The lowest BCUT2D eigenvalue weighted by molar-refractivity contribution is 0.0828. The van der Waals surface area contributed by atoms with Crippen molar-refractivity contribution < 1.29 is 4.79 Å². The number of carbonyl (C=O) groups excluding carboxylic acids is 1. The molecule has 0 N–H and O–H groups in total. The Kier molecular flexibility index (Phi) is 7.67. The van der Waals surface area contributed by atoms with E-state index in [9.17, 15) is 4.79 Å². The van der Waals surface area contributed by atoms with Crippen LogP contribution in [0.25, 0.3) is 10.9 Å². The van der Waals surface area contributed by atoms with E-state index in [-0.39, 0.29) is 5.91 Å². The number of fused-ring (bicyclic) bond motifs is 1. The van der Waals surface area contributed by atoms with Gasteiger partial charge in [0.25, 0.3) is 5.91 Å². The van der Waals surface area contributed by atoms with Crippen LogP contribution in [-0.4, -0.2) is 29.5 Å². The van der Waals surface area contributed by atoms with Gasteiger partial charge in [-0.2, -0.15) is 0 Å². The minimum Gasteiger partial charge on any atom is -0.350 e. The van der Waals surface area contributed by atoms with E-state index in [4.69, 9.17) is 0 Å². The maximum atomic E-state index is 11.8. The topological polar surface area (TPSA) is 25.2 Å². The van der Waals surface area contributed by atoms with Crippen LogP contribution in [0, 0.1) is 6.92 Å². The molecule has 2 aromatic rings. The summed E-state index contributed by atoms with van der Waals surface area (Å²) < 4.78 is 2.05. The third-order valence-corrected chi connectivity index (χ3v) is 2.84. The van der Waals surface area contributed by atoms with Crippen LogP contribution in [0.4, 0.5) is 0 Å². The van der Waals surface area contributed by atoms with Crippen LogP contribution in [0.5, 0.6) is 0 Å². The molecular formula is C17H28N2O. The highest BCUT2D eigenvalue weighted by atomic mass is 16.2. The molecule has 20 heavy (non-hydrogen) atoms. The standard InChI is InChI=1S/C13H16N2O.2C2H6/c1-9-8-15(4)12-7-10(5-6-11(9)12)13(16)14(2)3;2*1-2/h5-8H,1-4H3;2*1-2H3. The first-order chi connectivity index (χ1) is 9.50. The first-order valence-corrected chi connectivity index (χ1v) is 7.28. The fraction of sp³-hybridized carbons (Fsp3) is 0.471. The monoisotopic (exact) mass is 276 g/mol. The summed E-state index contributed by atoms with van der Waals surface area (Å²) in [5, 5.41) is 1.21. The molecular weight excluding hydrogens is 248 g/mol. The normalized spacial score (nSPS) is 9.20. The molecule has 1 amide bonds. The van der Waals surface area contributed by atoms with Crippen LogP contribution >= 0.6 is 0 Å². The summed E-state index contributed by atoms with van der Waals surface area (Å²) in [5.41, 5.74) is 3.07. The average molecular weight is 276 g/mol. The SMILES string of the molecule is CC.CC.Cc1cn(C)c2cc(C(=O)N(C)C)ccc12. The molecule has 0 aliphatic carbocycles. The van der Waals surface area contributed by atoms with Crippen LogP contribution in [0.2, 0.25) is 0 Å². The van der Waals surface area contributed by atoms with Crippen molar-refractivity contribution in [2.75, 3.05) is 14.1 Å². The van der Waals surface area contributed by atoms with Crippen molar-refractivity contribution in [3.63, 3.8) is 0 Å². The lowest BCUT2D eigenvalue weighted by atomic mass is 10.1. The number of hydrogen-bond acceptors (Lipinski definition) is 1. The summed E-state index contributed by atoms with van der Waals surface area (Å²) >= 11 is 0. The van der Waals surface area contributed by atoms with Gasteiger partial charge in [-0.1, -0.05) is 33.8 Å². The molecule has 0 spiro atoms. The second kappa shape index (κ2) is 8.41. The van der Waals surface area contributed by atoms with Gasteiger partial charge in [-0.05, 0) is 24.6 Å². The van der Waals surface area contributed by atoms with Crippen molar-refractivity contribution in [1.82, 2.24) is 9.47 Å². The zero-order valence-corrected chi connectivity index (χ0v) is 14.1. The number of aromatic nitrogens is 1. The van der Waals surface area contributed by atoms with E-state index in [0.29, 0.717) is 0 Å². The van der Waals surface area contributed by atoms with Crippen molar-refractivity contribution in [2.45, 2.75) is 34.6 Å². The van der Waals surface area contributed by atoms with E-state index in [2.05, 4.69) is 17.7 Å². The molecule has 0 bridgehead atoms. The Morgan fingerprint density at radius 1 is 1.10 bits per heavy atom. The zero-order valence-electron chi connectivity index (χ0n) is 14.1. The maximum absolute atomic E-state index is 11.8. The molecule has 0 atom stereocenters. The van der Waals surface area contributed by atoms with Crippen molar-refractivity contribution in [3.05, 3.63) is 35.5 Å². The van der Waals surface area contributed by atoms with Crippen LogP contribution in [-0.2, 0) is 7.05 Å². The number of rotatable bonds is 1. The number of amides is 1. The second-order valence-corrected chi connectivity index (χ2v) is 4.35. The van der Waals surface area contributed by atoms with Crippen LogP contribution < -0.4 is 0 Å². The Morgan fingerprint density at radius 2 is 1.65 bits per heavy atom. The molecule has 3 heteroatoms. The average Bonchev–Trinajstić information content (AvgIpc) is 2.77. The summed E-state index contributed by atoms with van der Waals surface area (Å²) in [7, 11) is 5.53. The minimum absolute atomic E-state index is 0.0424. The fourth-order valence-electron chi connectivity index (χ4n) is 1.98. The Balaban J connectivity index is 0.000000829. The van der Waals surface area contributed by atoms with E-state index in [1.54, 1.807) is 19.0 Å². The molecule has 0 radical (unpaired) electrons. The van der Waals surface area contributed by atoms with E-state index in [0.717, 1.165) is 11.1 Å². The third kappa shape index (κ3) is 3.86. The largest absolute Gasteiger partial charge is 0.350 e. The van der Waals surface area contributed by atoms with Gasteiger partial charge in [0.2, 0.25) is 0 Å². The van der Waals surface area contributed by atoms with Crippen molar-refractivity contribution in [3.8, 4) is 0 Å². The quantitative estimate of drug-likeness (QED) is 0.764. The number of hydrogen-bond donors (Lipinski definition) is 0. The summed E-state index contributed by atoms with van der Waals surface area (Å²) in [6, 6.07) is 5.85. The van der Waals surface area contributed by atoms with Gasteiger partial charge >= 0.3 is 0 Å². The Hall–Kier alpha value is -1.77. The molecule has 1 aromatic heterocycles. The maximum Gasteiger partial charge on any atom is 0.253 e. The van der Waals surface area contributed by atoms with Crippen molar-refractivity contribution in [1.29, 1.82) is 0 Å². The minimum atomic E-state index is 0.0424. The highest BCUT2D eigenvalue weighted by molar-refractivity contribution is 5.98. The Bertz CT molecular complexity index is 553. The second-order valence-electron chi connectivity index (χ2n) is 4.35. The number of benzene rings is 1. The summed E-state index contributed by atoms with van der Waals surface area (Å²) in [6.07, 6.45) is 2.08. The lowest BCUT2D eigenvalue weighted by Gasteiger charge is -2.10. The summed E-state index contributed by atoms with van der Waals surface area (Å²) in [4.78, 5) is 13.4. The first-order valence-electron chi connectivity index (χ1n) is 7.28. The van der Waals surface area contributed by atoms with E-state index in [1.165, 1.54) is 10.9 Å². The van der Waals surface area contributed by atoms with Gasteiger partial charge in [0.05, 0.1) is 0 Å². The van der Waals surface area contributed by atoms with Crippen LogP contribution in [0.3, 0.4) is 0 Å². The predicted molar refractivity (Wildman–Crippen MR) is 88.4 cm³/mol. The fourth-order valence-corrected chi connectivity index (χ4v) is 1.98. The third-order valence-electron chi connectivity index (χ3n) is 2.84. The molecule has 1 heterocycles. The van der Waals surface area contributed by atoms with E-state index >= 15 is 0 Å². The van der Waals surface area contributed by atoms with E-state index in [1.807, 2.05) is 52.9 Å². The summed E-state index contributed by atoms with van der Waals surface area (Å²) in [5.74, 6) is 0.0424. The predicted octanol–water partition coefficient (Wildman–Crippen LogP) is 4.24. The Labute approximate surface area is 123 Å². The van der Waals surface area contributed by atoms with Crippen molar-refractivity contribution in [2.24, 2.45) is 7.05 Å². The van der Waals surface area contributed by atoms with Gasteiger partial charge in [-0.25, -0.2) is 0 Å². The molecule has 2 rings (SSSR count). The number of aryl methyl sites for hydroxylation is 2. The molecule has 0 saturated heterocycles. The van der Waals surface area contributed by atoms with Crippen LogP contribution in [0.1, 0.15) is 43.6 Å². The van der Waals surface area contributed by atoms with Gasteiger partial charge in [0.15, 0.2) is 0 Å². The number of carbonyl (C=O) groups is 1. The molecule has 112 valence electrons. The molecule has 0 saturated carbocycles. The molecule has 0 aliphatic heterocycles. The Morgan fingerprint density at radius 3 is 2.15 bits per heavy atom. The lowest BCUT2D eigenvalue weighted by Crippen LogP contribution is -2.21. The van der Waals surface area contributed by atoms with E-state index < -0.39 is 0 Å². The van der Waals surface area contributed by atoms with Gasteiger partial charge in [-0.15, -0.1) is 0 Å². The van der Waals surface area contributed by atoms with Gasteiger partial charge < -0.3 is 9.47 Å². The number of nitrogens with zero attached hydrogens (tertiary/aromatic N) is 2. The van der Waals surface area contributed by atoms with Crippen molar-refractivity contribution >= 4 is 16.8 Å². The molecule has 1 aromatic carbocycles. The summed E-state index contributed by atoms with van der Waals surface area (Å²) in [6.45, 7) is 10.1. The smallest absolute Gasteiger partial charge is 0.253 e. The molecule has 0 unspecified atom stereocenters. The molecule has 0 fully saturated rings. The highest BCUT2D eigenvalue weighted by Gasteiger charge is 2.10. The van der Waals surface area contributed by atoms with Crippen LogP contribution in [0.15, 0.2) is 24.4 Å². The first kappa shape index (κ1) is 18.2. The molecule has 0 aliphatic rings. The molecule has 3 nitrogen and oxygen atoms in total.